The van der Waals surface area contributed by atoms with Crippen molar-refractivity contribution in [2.45, 2.75) is 24.3 Å². The Hall–Kier alpha value is -0.990. The minimum Gasteiger partial charge on any atom is -0.315 e. The number of nitrogens with zero attached hydrogens (tertiary/aromatic N) is 1. The fourth-order valence-corrected chi connectivity index (χ4v) is 4.44. The van der Waals surface area contributed by atoms with Crippen molar-refractivity contribution in [3.63, 3.8) is 0 Å². The van der Waals surface area contributed by atoms with Gasteiger partial charge in [0.1, 0.15) is 5.01 Å². The molecule has 3 rings (SSSR count). The number of nitrogens with one attached hydrogen (secondary N) is 2. The van der Waals surface area contributed by atoms with Crippen molar-refractivity contribution in [3.05, 3.63) is 35.3 Å². The molecule has 120 valence electrons. The van der Waals surface area contributed by atoms with Crippen molar-refractivity contribution in [3.8, 4) is 10.6 Å². The number of halogens is 1. The zero-order chi connectivity index (χ0) is 14.9. The number of sulfonamides is 1. The minimum atomic E-state index is -3.48. The first-order chi connectivity index (χ1) is 10.0. The molecule has 2 heterocycles. The van der Waals surface area contributed by atoms with Gasteiger partial charge in [-0.1, -0.05) is 12.1 Å². The summed E-state index contributed by atoms with van der Waals surface area (Å²) in [6, 6.07) is 6.92. The van der Waals surface area contributed by atoms with E-state index in [4.69, 9.17) is 0 Å². The van der Waals surface area contributed by atoms with Crippen molar-refractivity contribution in [2.75, 3.05) is 13.1 Å². The predicted octanol–water partition coefficient (Wildman–Crippen LogP) is 2.18. The SMILES string of the molecule is Cc1csc(-c2cccc(S(=O)(=O)NC3CCNC3)c2)n1.Cl. The molecule has 1 saturated heterocycles. The van der Waals surface area contributed by atoms with E-state index in [-0.39, 0.29) is 18.4 Å². The second-order valence-corrected chi connectivity index (χ2v) is 7.70. The molecule has 1 aliphatic rings. The summed E-state index contributed by atoms with van der Waals surface area (Å²) >= 11 is 1.52. The molecule has 5 nitrogen and oxygen atoms in total. The predicted molar refractivity (Wildman–Crippen MR) is 91.1 cm³/mol. The molecule has 0 bridgehead atoms. The quantitative estimate of drug-likeness (QED) is 0.877. The van der Waals surface area contributed by atoms with Gasteiger partial charge in [0.15, 0.2) is 0 Å². The Labute approximate surface area is 140 Å². The topological polar surface area (TPSA) is 71.1 Å². The summed E-state index contributed by atoms with van der Waals surface area (Å²) in [6.07, 6.45) is 0.824. The first kappa shape index (κ1) is 17.4. The van der Waals surface area contributed by atoms with Gasteiger partial charge in [-0.2, -0.15) is 0 Å². The average molecular weight is 360 g/mol. The van der Waals surface area contributed by atoms with E-state index in [0.29, 0.717) is 11.4 Å². The molecule has 2 aromatic rings. The van der Waals surface area contributed by atoms with Gasteiger partial charge >= 0.3 is 0 Å². The fourth-order valence-electron chi connectivity index (χ4n) is 2.33. The number of hydrogen-bond acceptors (Lipinski definition) is 5. The summed E-state index contributed by atoms with van der Waals surface area (Å²) in [7, 11) is -3.48. The molecule has 8 heteroatoms. The van der Waals surface area contributed by atoms with E-state index in [1.165, 1.54) is 11.3 Å². The van der Waals surface area contributed by atoms with Crippen LogP contribution in [0.1, 0.15) is 12.1 Å². The summed E-state index contributed by atoms with van der Waals surface area (Å²) in [6.45, 7) is 3.46. The Balaban J connectivity index is 0.00000176. The van der Waals surface area contributed by atoms with Crippen LogP contribution in [0.5, 0.6) is 0 Å². The van der Waals surface area contributed by atoms with Crippen LogP contribution in [0.3, 0.4) is 0 Å². The van der Waals surface area contributed by atoms with E-state index in [1.54, 1.807) is 18.2 Å². The first-order valence-corrected chi connectivity index (χ1v) is 9.16. The van der Waals surface area contributed by atoms with Gasteiger partial charge in [0.05, 0.1) is 4.90 Å². The Kier molecular flexibility index (Phi) is 5.57. The molecule has 1 aliphatic heterocycles. The van der Waals surface area contributed by atoms with Crippen LogP contribution < -0.4 is 10.0 Å². The molecular weight excluding hydrogens is 342 g/mol. The van der Waals surface area contributed by atoms with Crippen LogP contribution in [0.25, 0.3) is 10.6 Å². The van der Waals surface area contributed by atoms with Crippen molar-refractivity contribution in [1.29, 1.82) is 0 Å². The Morgan fingerprint density at radius 1 is 1.41 bits per heavy atom. The van der Waals surface area contributed by atoms with Gasteiger partial charge in [-0.3, -0.25) is 0 Å². The normalized spacial score (nSPS) is 18.1. The summed E-state index contributed by atoms with van der Waals surface area (Å²) in [5, 5.41) is 5.95. The van der Waals surface area contributed by atoms with Gasteiger partial charge in [-0.15, -0.1) is 23.7 Å². The zero-order valence-electron chi connectivity index (χ0n) is 12.1. The average Bonchev–Trinajstić information content (AvgIpc) is 3.10. The van der Waals surface area contributed by atoms with Gasteiger partial charge in [-0.25, -0.2) is 18.1 Å². The highest BCUT2D eigenvalue weighted by Gasteiger charge is 2.23. The fraction of sp³-hybridized carbons (Fsp3) is 0.357. The van der Waals surface area contributed by atoms with Crippen molar-refractivity contribution in [2.24, 2.45) is 0 Å². The maximum absolute atomic E-state index is 12.4. The van der Waals surface area contributed by atoms with Gasteiger partial charge in [0.2, 0.25) is 10.0 Å². The number of hydrogen-bond donors (Lipinski definition) is 2. The Morgan fingerprint density at radius 3 is 2.86 bits per heavy atom. The molecule has 2 N–H and O–H groups in total. The smallest absolute Gasteiger partial charge is 0.240 e. The summed E-state index contributed by atoms with van der Waals surface area (Å²) < 4.78 is 27.6. The molecule has 1 atom stereocenters. The maximum Gasteiger partial charge on any atom is 0.240 e. The Bertz CT molecular complexity index is 740. The van der Waals surface area contributed by atoms with E-state index in [0.717, 1.165) is 29.2 Å². The third-order valence-corrected chi connectivity index (χ3v) is 5.92. The summed E-state index contributed by atoms with van der Waals surface area (Å²) in [5.41, 5.74) is 1.78. The molecular formula is C14H18ClN3O2S2. The van der Waals surface area contributed by atoms with Gasteiger partial charge in [0, 0.05) is 29.2 Å². The highest BCUT2D eigenvalue weighted by molar-refractivity contribution is 7.89. The lowest BCUT2D eigenvalue weighted by molar-refractivity contribution is 0.560. The highest BCUT2D eigenvalue weighted by Crippen LogP contribution is 2.25. The van der Waals surface area contributed by atoms with E-state index >= 15 is 0 Å². The van der Waals surface area contributed by atoms with Gasteiger partial charge in [0.25, 0.3) is 0 Å². The minimum absolute atomic E-state index is 0. The van der Waals surface area contributed by atoms with Crippen LogP contribution in [-0.4, -0.2) is 32.5 Å². The zero-order valence-corrected chi connectivity index (χ0v) is 14.5. The standard InChI is InChI=1S/C14H17N3O2S2.ClH/c1-10-9-20-14(16-10)11-3-2-4-13(7-11)21(18,19)17-12-5-6-15-8-12;/h2-4,7,9,12,15,17H,5-6,8H2,1H3;1H. The van der Waals surface area contributed by atoms with Crippen LogP contribution in [0, 0.1) is 6.92 Å². The second kappa shape index (κ2) is 7.06. The van der Waals surface area contributed by atoms with Crippen LogP contribution in [-0.2, 0) is 10.0 Å². The summed E-state index contributed by atoms with van der Waals surface area (Å²) in [4.78, 5) is 4.69. The molecule has 1 fully saturated rings. The first-order valence-electron chi connectivity index (χ1n) is 6.80. The van der Waals surface area contributed by atoms with E-state index in [2.05, 4.69) is 15.0 Å². The maximum atomic E-state index is 12.4. The monoisotopic (exact) mass is 359 g/mol. The lowest BCUT2D eigenvalue weighted by Gasteiger charge is -2.12. The molecule has 0 saturated carbocycles. The second-order valence-electron chi connectivity index (χ2n) is 5.13. The number of rotatable bonds is 4. The molecule has 0 radical (unpaired) electrons. The van der Waals surface area contributed by atoms with Crippen LogP contribution in [0.4, 0.5) is 0 Å². The molecule has 1 unspecified atom stereocenters. The molecule has 0 aliphatic carbocycles. The lowest BCUT2D eigenvalue weighted by atomic mass is 10.2. The van der Waals surface area contributed by atoms with Gasteiger partial charge < -0.3 is 5.32 Å². The lowest BCUT2D eigenvalue weighted by Crippen LogP contribution is -2.36. The summed E-state index contributed by atoms with van der Waals surface area (Å²) in [5.74, 6) is 0. The number of benzene rings is 1. The van der Waals surface area contributed by atoms with Crippen molar-refractivity contribution < 1.29 is 8.42 Å². The largest absolute Gasteiger partial charge is 0.315 e. The molecule has 22 heavy (non-hydrogen) atoms. The molecule has 1 aromatic heterocycles. The third kappa shape index (κ3) is 3.85. The van der Waals surface area contributed by atoms with E-state index in [9.17, 15) is 8.42 Å². The Morgan fingerprint density at radius 2 is 2.23 bits per heavy atom. The van der Waals surface area contributed by atoms with Gasteiger partial charge in [-0.05, 0) is 32.0 Å². The molecule has 0 amide bonds. The number of thiazole rings is 1. The van der Waals surface area contributed by atoms with Crippen LogP contribution >= 0.6 is 23.7 Å². The van der Waals surface area contributed by atoms with E-state index < -0.39 is 10.0 Å². The number of aryl methyl sites for hydroxylation is 1. The third-order valence-electron chi connectivity index (χ3n) is 3.39. The van der Waals surface area contributed by atoms with Crippen LogP contribution in [0.15, 0.2) is 34.5 Å². The van der Waals surface area contributed by atoms with E-state index in [1.807, 2.05) is 18.4 Å². The highest BCUT2D eigenvalue weighted by atomic mass is 35.5. The van der Waals surface area contributed by atoms with Crippen molar-refractivity contribution >= 4 is 33.8 Å². The number of aromatic nitrogens is 1. The van der Waals surface area contributed by atoms with Crippen LogP contribution in [0.2, 0.25) is 0 Å². The van der Waals surface area contributed by atoms with Crippen molar-refractivity contribution in [1.82, 2.24) is 15.0 Å². The molecule has 0 spiro atoms. The molecule has 1 aromatic carbocycles.